The quantitative estimate of drug-likeness (QED) is 0.833. The molecule has 1 atom stereocenters. The molecule has 0 fully saturated rings. The van der Waals surface area contributed by atoms with Crippen molar-refractivity contribution in [3.8, 4) is 5.88 Å². The number of ether oxygens (including phenoxy) is 1. The molecule has 0 aliphatic heterocycles. The Bertz CT molecular complexity index is 339. The molecule has 1 aromatic rings. The summed E-state index contributed by atoms with van der Waals surface area (Å²) in [6.45, 7) is 8.31. The van der Waals surface area contributed by atoms with Crippen molar-refractivity contribution in [1.29, 1.82) is 0 Å². The van der Waals surface area contributed by atoms with E-state index in [1.165, 1.54) is 6.33 Å². The molecule has 0 aliphatic rings. The molecule has 1 aromatic heterocycles. The van der Waals surface area contributed by atoms with Crippen molar-refractivity contribution in [2.24, 2.45) is 0 Å². The fourth-order valence-corrected chi connectivity index (χ4v) is 1.68. The second kappa shape index (κ2) is 5.68. The van der Waals surface area contributed by atoms with Crippen LogP contribution < -0.4 is 10.5 Å². The first-order chi connectivity index (χ1) is 7.56. The van der Waals surface area contributed by atoms with Crippen molar-refractivity contribution in [1.82, 2.24) is 9.97 Å². The molecule has 16 heavy (non-hydrogen) atoms. The number of nitrogen functional groups attached to an aromatic ring is 1. The Morgan fingerprint density at radius 2 is 2.00 bits per heavy atom. The smallest absolute Gasteiger partial charge is 0.222 e. The largest absolute Gasteiger partial charge is 0.474 e. The molecule has 0 aliphatic carbocycles. The first-order valence-corrected chi connectivity index (χ1v) is 5.83. The van der Waals surface area contributed by atoms with E-state index in [1.54, 1.807) is 0 Å². The van der Waals surface area contributed by atoms with E-state index in [2.05, 4.69) is 30.7 Å². The highest BCUT2D eigenvalue weighted by atomic mass is 16.5. The second-order valence-corrected chi connectivity index (χ2v) is 4.35. The Balaban J connectivity index is 2.90. The zero-order valence-electron chi connectivity index (χ0n) is 10.5. The highest BCUT2D eigenvalue weighted by molar-refractivity contribution is 5.46. The Kier molecular flexibility index (Phi) is 4.52. The van der Waals surface area contributed by atoms with Gasteiger partial charge in [0.2, 0.25) is 5.88 Å². The summed E-state index contributed by atoms with van der Waals surface area (Å²) in [7, 11) is 0. The van der Waals surface area contributed by atoms with Crippen LogP contribution in [0.25, 0.3) is 0 Å². The number of anilines is 1. The maximum absolute atomic E-state index is 5.84. The molecule has 0 saturated carbocycles. The van der Waals surface area contributed by atoms with Gasteiger partial charge in [-0.1, -0.05) is 27.2 Å². The van der Waals surface area contributed by atoms with Crippen LogP contribution in [0.3, 0.4) is 0 Å². The van der Waals surface area contributed by atoms with E-state index in [0.29, 0.717) is 11.7 Å². The predicted molar refractivity (Wildman–Crippen MR) is 65.5 cm³/mol. The van der Waals surface area contributed by atoms with Crippen molar-refractivity contribution >= 4 is 5.82 Å². The molecule has 1 heterocycles. The van der Waals surface area contributed by atoms with Gasteiger partial charge in [0.05, 0.1) is 11.7 Å². The van der Waals surface area contributed by atoms with Crippen molar-refractivity contribution < 1.29 is 4.74 Å². The number of hydrogen-bond acceptors (Lipinski definition) is 4. The van der Waals surface area contributed by atoms with Crippen LogP contribution in [0, 0.1) is 0 Å². The van der Waals surface area contributed by atoms with E-state index in [4.69, 9.17) is 10.5 Å². The van der Waals surface area contributed by atoms with E-state index in [0.717, 1.165) is 18.4 Å². The lowest BCUT2D eigenvalue weighted by atomic mass is 10.1. The fraction of sp³-hybridized carbons (Fsp3) is 0.667. The monoisotopic (exact) mass is 223 g/mol. The fourth-order valence-electron chi connectivity index (χ4n) is 1.68. The average molecular weight is 223 g/mol. The van der Waals surface area contributed by atoms with Crippen molar-refractivity contribution in [2.75, 3.05) is 5.73 Å². The first-order valence-electron chi connectivity index (χ1n) is 5.83. The summed E-state index contributed by atoms with van der Waals surface area (Å²) < 4.78 is 5.80. The van der Waals surface area contributed by atoms with Gasteiger partial charge in [0.25, 0.3) is 0 Å². The third-order valence-corrected chi connectivity index (χ3v) is 2.46. The van der Waals surface area contributed by atoms with Gasteiger partial charge in [0.15, 0.2) is 0 Å². The van der Waals surface area contributed by atoms with Crippen LogP contribution in [0.5, 0.6) is 5.88 Å². The van der Waals surface area contributed by atoms with E-state index < -0.39 is 0 Å². The highest BCUT2D eigenvalue weighted by Gasteiger charge is 2.15. The number of nitrogens with two attached hydrogens (primary N) is 1. The van der Waals surface area contributed by atoms with E-state index in [1.807, 2.05) is 6.92 Å². The second-order valence-electron chi connectivity index (χ2n) is 4.35. The van der Waals surface area contributed by atoms with Crippen molar-refractivity contribution in [3.63, 3.8) is 0 Å². The Morgan fingerprint density at radius 1 is 1.31 bits per heavy atom. The lowest BCUT2D eigenvalue weighted by Crippen LogP contribution is -2.15. The SMILES string of the molecule is CCCC(C)Oc1ncnc(N)c1C(C)C. The van der Waals surface area contributed by atoms with Gasteiger partial charge in [-0.2, -0.15) is 0 Å². The van der Waals surface area contributed by atoms with Crippen molar-refractivity contribution in [2.45, 2.75) is 52.6 Å². The molecule has 4 heteroatoms. The molecule has 0 radical (unpaired) electrons. The predicted octanol–water partition coefficient (Wildman–Crippen LogP) is 2.75. The molecule has 0 bridgehead atoms. The molecule has 1 rings (SSSR count). The Labute approximate surface area is 97.2 Å². The highest BCUT2D eigenvalue weighted by Crippen LogP contribution is 2.28. The number of hydrogen-bond donors (Lipinski definition) is 1. The molecule has 2 N–H and O–H groups in total. The third-order valence-electron chi connectivity index (χ3n) is 2.46. The molecule has 0 saturated heterocycles. The lowest BCUT2D eigenvalue weighted by Gasteiger charge is -2.18. The van der Waals surface area contributed by atoms with Crippen LogP contribution in [0.4, 0.5) is 5.82 Å². The summed E-state index contributed by atoms with van der Waals surface area (Å²) in [6.07, 6.45) is 3.73. The zero-order chi connectivity index (χ0) is 12.1. The molecule has 90 valence electrons. The molecular weight excluding hydrogens is 202 g/mol. The zero-order valence-corrected chi connectivity index (χ0v) is 10.5. The molecular formula is C12H21N3O. The lowest BCUT2D eigenvalue weighted by molar-refractivity contribution is 0.198. The first kappa shape index (κ1) is 12.7. The number of aromatic nitrogens is 2. The third kappa shape index (κ3) is 3.08. The minimum atomic E-state index is 0.164. The van der Waals surface area contributed by atoms with Gasteiger partial charge in [0.1, 0.15) is 12.1 Å². The molecule has 0 spiro atoms. The van der Waals surface area contributed by atoms with Gasteiger partial charge in [-0.05, 0) is 19.3 Å². The summed E-state index contributed by atoms with van der Waals surface area (Å²) in [6, 6.07) is 0. The van der Waals surface area contributed by atoms with E-state index in [-0.39, 0.29) is 12.0 Å². The van der Waals surface area contributed by atoms with Crippen LogP contribution in [-0.4, -0.2) is 16.1 Å². The Morgan fingerprint density at radius 3 is 2.56 bits per heavy atom. The molecule has 0 aromatic carbocycles. The summed E-state index contributed by atoms with van der Waals surface area (Å²) >= 11 is 0. The van der Waals surface area contributed by atoms with Crippen LogP contribution >= 0.6 is 0 Å². The summed E-state index contributed by atoms with van der Waals surface area (Å²) in [5.41, 5.74) is 6.75. The summed E-state index contributed by atoms with van der Waals surface area (Å²) in [4.78, 5) is 8.17. The average Bonchev–Trinajstić information content (AvgIpc) is 2.17. The van der Waals surface area contributed by atoms with Gasteiger partial charge >= 0.3 is 0 Å². The van der Waals surface area contributed by atoms with Crippen LogP contribution in [0.2, 0.25) is 0 Å². The van der Waals surface area contributed by atoms with E-state index >= 15 is 0 Å². The molecule has 0 amide bonds. The maximum atomic E-state index is 5.84. The van der Waals surface area contributed by atoms with Gasteiger partial charge in [-0.3, -0.25) is 0 Å². The summed E-state index contributed by atoms with van der Waals surface area (Å²) in [5, 5.41) is 0. The minimum Gasteiger partial charge on any atom is -0.474 e. The van der Waals surface area contributed by atoms with Crippen LogP contribution in [0.15, 0.2) is 6.33 Å². The van der Waals surface area contributed by atoms with Gasteiger partial charge in [-0.25, -0.2) is 9.97 Å². The van der Waals surface area contributed by atoms with Crippen molar-refractivity contribution in [3.05, 3.63) is 11.9 Å². The maximum Gasteiger partial charge on any atom is 0.222 e. The van der Waals surface area contributed by atoms with Crippen LogP contribution in [0.1, 0.15) is 52.0 Å². The topological polar surface area (TPSA) is 61.0 Å². The summed E-state index contributed by atoms with van der Waals surface area (Å²) in [5.74, 6) is 1.41. The minimum absolute atomic E-state index is 0.164. The number of nitrogens with zero attached hydrogens (tertiary/aromatic N) is 2. The number of rotatable bonds is 5. The van der Waals surface area contributed by atoms with Gasteiger partial charge in [-0.15, -0.1) is 0 Å². The molecule has 1 unspecified atom stereocenters. The van der Waals surface area contributed by atoms with Gasteiger partial charge in [0, 0.05) is 0 Å². The standard InChI is InChI=1S/C12H21N3O/c1-5-6-9(4)16-12-10(8(2)3)11(13)14-7-15-12/h7-9H,5-6H2,1-4H3,(H2,13,14,15). The van der Waals surface area contributed by atoms with Crippen LogP contribution in [-0.2, 0) is 0 Å². The van der Waals surface area contributed by atoms with Gasteiger partial charge < -0.3 is 10.5 Å². The van der Waals surface area contributed by atoms with E-state index in [9.17, 15) is 0 Å². The Hall–Kier alpha value is -1.32. The normalized spacial score (nSPS) is 12.8. The molecule has 4 nitrogen and oxygen atoms in total.